The van der Waals surface area contributed by atoms with Gasteiger partial charge in [-0.15, -0.1) is 0 Å². The number of aromatic nitrogens is 3. The third kappa shape index (κ3) is 3.59. The van der Waals surface area contributed by atoms with Gasteiger partial charge in [0.15, 0.2) is 5.82 Å². The molecular formula is C26H18FN3O3. The van der Waals surface area contributed by atoms with Crippen molar-refractivity contribution in [2.75, 3.05) is 7.11 Å². The van der Waals surface area contributed by atoms with Gasteiger partial charge in [0, 0.05) is 12.3 Å². The highest BCUT2D eigenvalue weighted by atomic mass is 19.1. The Balaban J connectivity index is 1.76. The molecule has 33 heavy (non-hydrogen) atoms. The summed E-state index contributed by atoms with van der Waals surface area (Å²) < 4.78 is 23.4. The van der Waals surface area contributed by atoms with Crippen LogP contribution in [-0.4, -0.2) is 21.2 Å². The fourth-order valence-corrected chi connectivity index (χ4v) is 3.76. The summed E-state index contributed by atoms with van der Waals surface area (Å²) in [5, 5.41) is 0.421. The van der Waals surface area contributed by atoms with Gasteiger partial charge < -0.3 is 4.74 Å². The highest BCUT2D eigenvalue weighted by Crippen LogP contribution is 2.27. The molecule has 0 aliphatic heterocycles. The molecule has 0 saturated heterocycles. The van der Waals surface area contributed by atoms with Gasteiger partial charge in [-0.05, 0) is 60.7 Å². The largest absolute Gasteiger partial charge is 0.497 e. The summed E-state index contributed by atoms with van der Waals surface area (Å²) in [6, 6.07) is 23.0. The number of methoxy groups -OCH3 is 1. The second kappa shape index (κ2) is 8.20. The van der Waals surface area contributed by atoms with Crippen LogP contribution in [0.2, 0.25) is 0 Å². The molecule has 0 bridgehead atoms. The summed E-state index contributed by atoms with van der Waals surface area (Å²) in [5.74, 6) is 0.187. The van der Waals surface area contributed by atoms with Crippen molar-refractivity contribution in [3.8, 4) is 28.5 Å². The number of hydrogen-bond donors (Lipinski definition) is 0. The van der Waals surface area contributed by atoms with E-state index in [1.165, 1.54) is 27.3 Å². The van der Waals surface area contributed by atoms with Crippen molar-refractivity contribution in [1.29, 1.82) is 0 Å². The first-order valence-electron chi connectivity index (χ1n) is 10.2. The summed E-state index contributed by atoms with van der Waals surface area (Å²) in [4.78, 5) is 30.2. The summed E-state index contributed by atoms with van der Waals surface area (Å²) in [6.45, 7) is 0. The molecule has 0 saturated carbocycles. The van der Waals surface area contributed by atoms with Crippen LogP contribution in [0.25, 0.3) is 33.7 Å². The summed E-state index contributed by atoms with van der Waals surface area (Å²) >= 11 is 0. The first-order chi connectivity index (χ1) is 16.1. The number of para-hydroxylation sites is 1. The maximum Gasteiger partial charge on any atom is 0.266 e. The number of rotatable bonds is 4. The van der Waals surface area contributed by atoms with Crippen LogP contribution in [0.15, 0.2) is 101 Å². The Bertz CT molecular complexity index is 1600. The lowest BCUT2D eigenvalue weighted by atomic mass is 10.1. The molecule has 7 heteroatoms. The van der Waals surface area contributed by atoms with E-state index < -0.39 is 5.82 Å². The Morgan fingerprint density at radius 2 is 1.58 bits per heavy atom. The van der Waals surface area contributed by atoms with E-state index in [9.17, 15) is 9.59 Å². The van der Waals surface area contributed by atoms with E-state index in [2.05, 4.69) is 4.98 Å². The molecule has 5 rings (SSSR count). The van der Waals surface area contributed by atoms with E-state index in [-0.39, 0.29) is 22.5 Å². The third-order valence-electron chi connectivity index (χ3n) is 5.40. The highest BCUT2D eigenvalue weighted by molar-refractivity contribution is 5.80. The van der Waals surface area contributed by atoms with Gasteiger partial charge in [0.1, 0.15) is 11.6 Å². The van der Waals surface area contributed by atoms with Crippen LogP contribution in [0.3, 0.4) is 0 Å². The van der Waals surface area contributed by atoms with E-state index in [4.69, 9.17) is 4.74 Å². The average Bonchev–Trinajstić information content (AvgIpc) is 2.84. The molecule has 3 aromatic carbocycles. The molecule has 0 spiro atoms. The van der Waals surface area contributed by atoms with Gasteiger partial charge >= 0.3 is 0 Å². The van der Waals surface area contributed by atoms with Gasteiger partial charge in [-0.1, -0.05) is 18.2 Å². The zero-order valence-corrected chi connectivity index (χ0v) is 17.6. The van der Waals surface area contributed by atoms with Gasteiger partial charge in [0.25, 0.3) is 11.1 Å². The number of benzene rings is 3. The van der Waals surface area contributed by atoms with E-state index in [1.807, 2.05) is 0 Å². The van der Waals surface area contributed by atoms with Crippen molar-refractivity contribution in [1.82, 2.24) is 14.1 Å². The maximum atomic E-state index is 15.4. The van der Waals surface area contributed by atoms with Gasteiger partial charge in [-0.25, -0.2) is 9.37 Å². The van der Waals surface area contributed by atoms with Crippen LogP contribution in [-0.2, 0) is 0 Å². The molecule has 6 nitrogen and oxygen atoms in total. The third-order valence-corrected chi connectivity index (χ3v) is 5.40. The second-order valence-corrected chi connectivity index (χ2v) is 7.36. The van der Waals surface area contributed by atoms with Crippen LogP contribution < -0.4 is 15.9 Å². The predicted octanol–water partition coefficient (Wildman–Crippen LogP) is 4.35. The molecule has 0 aliphatic carbocycles. The minimum atomic E-state index is -0.604. The van der Waals surface area contributed by atoms with Crippen LogP contribution in [0.4, 0.5) is 4.39 Å². The number of fused-ring (bicyclic) bond motifs is 1. The second-order valence-electron chi connectivity index (χ2n) is 7.36. The molecule has 0 unspecified atom stereocenters. The molecule has 5 aromatic rings. The van der Waals surface area contributed by atoms with Crippen LogP contribution >= 0.6 is 0 Å². The van der Waals surface area contributed by atoms with Gasteiger partial charge in [-0.2, -0.15) is 0 Å². The lowest BCUT2D eigenvalue weighted by molar-refractivity contribution is 0.414. The minimum absolute atomic E-state index is 0.140. The Kier molecular flexibility index (Phi) is 5.06. The van der Waals surface area contributed by atoms with Crippen molar-refractivity contribution in [2.45, 2.75) is 0 Å². The van der Waals surface area contributed by atoms with Gasteiger partial charge in [0.2, 0.25) is 0 Å². The number of nitrogens with zero attached hydrogens (tertiary/aromatic N) is 3. The van der Waals surface area contributed by atoms with E-state index >= 15 is 4.39 Å². The molecule has 0 amide bonds. The first-order valence-corrected chi connectivity index (χ1v) is 10.2. The average molecular weight is 439 g/mol. The predicted molar refractivity (Wildman–Crippen MR) is 125 cm³/mol. The molecular weight excluding hydrogens is 421 g/mol. The molecule has 0 fully saturated rings. The SMILES string of the molecule is COc1ccc(-n2c(-c3ccc(-n4ccccc4=O)cc3F)nc3ccccc3c2=O)cc1. The number of pyridine rings is 1. The van der Waals surface area contributed by atoms with E-state index in [0.29, 0.717) is 28.0 Å². The monoisotopic (exact) mass is 439 g/mol. The lowest BCUT2D eigenvalue weighted by Gasteiger charge is -2.15. The Morgan fingerprint density at radius 3 is 2.30 bits per heavy atom. The normalized spacial score (nSPS) is 11.0. The number of hydrogen-bond acceptors (Lipinski definition) is 4. The number of ether oxygens (including phenoxy) is 1. The summed E-state index contributed by atoms with van der Waals surface area (Å²) in [7, 11) is 1.55. The fourth-order valence-electron chi connectivity index (χ4n) is 3.76. The van der Waals surface area contributed by atoms with E-state index in [0.717, 1.165) is 0 Å². The van der Waals surface area contributed by atoms with Gasteiger partial charge in [-0.3, -0.25) is 18.7 Å². The Hall–Kier alpha value is -4.52. The Labute approximate surface area is 187 Å². The quantitative estimate of drug-likeness (QED) is 0.418. The topological polar surface area (TPSA) is 66.1 Å². The molecule has 162 valence electrons. The lowest BCUT2D eigenvalue weighted by Crippen LogP contribution is -2.22. The molecule has 0 aliphatic rings. The standard InChI is InChI=1S/C26H18FN3O3/c1-33-19-12-9-17(10-13-19)30-25(28-23-7-3-2-6-21(23)26(30)32)20-14-11-18(16-22(20)27)29-15-5-4-8-24(29)31/h2-16H,1H3. The summed E-state index contributed by atoms with van der Waals surface area (Å²) in [6.07, 6.45) is 1.57. The van der Waals surface area contributed by atoms with Crippen LogP contribution in [0.5, 0.6) is 5.75 Å². The molecule has 0 radical (unpaired) electrons. The maximum absolute atomic E-state index is 15.4. The van der Waals surface area contributed by atoms with E-state index in [1.54, 1.807) is 80.0 Å². The molecule has 0 atom stereocenters. The highest BCUT2D eigenvalue weighted by Gasteiger charge is 2.18. The molecule has 2 aromatic heterocycles. The molecule has 2 heterocycles. The van der Waals surface area contributed by atoms with Crippen molar-refractivity contribution >= 4 is 10.9 Å². The van der Waals surface area contributed by atoms with Crippen molar-refractivity contribution in [2.24, 2.45) is 0 Å². The van der Waals surface area contributed by atoms with Crippen LogP contribution in [0, 0.1) is 5.82 Å². The molecule has 0 N–H and O–H groups in total. The minimum Gasteiger partial charge on any atom is -0.497 e. The first kappa shape index (κ1) is 20.4. The zero-order valence-electron chi connectivity index (χ0n) is 17.6. The van der Waals surface area contributed by atoms with Crippen LogP contribution in [0.1, 0.15) is 0 Å². The van der Waals surface area contributed by atoms with Crippen molar-refractivity contribution in [3.63, 3.8) is 0 Å². The summed E-state index contributed by atoms with van der Waals surface area (Å²) in [5.41, 5.74) is 0.913. The van der Waals surface area contributed by atoms with Gasteiger partial charge in [0.05, 0.1) is 35.0 Å². The fraction of sp³-hybridized carbons (Fsp3) is 0.0385. The number of halogens is 1. The smallest absolute Gasteiger partial charge is 0.266 e. The van der Waals surface area contributed by atoms with Crippen molar-refractivity contribution in [3.05, 3.63) is 118 Å². The Morgan fingerprint density at radius 1 is 0.848 bits per heavy atom. The van der Waals surface area contributed by atoms with Crippen molar-refractivity contribution < 1.29 is 9.13 Å². The zero-order chi connectivity index (χ0) is 22.9.